The molecule has 0 aromatic carbocycles. The molecule has 0 aliphatic carbocycles. The van der Waals surface area contributed by atoms with E-state index < -0.39 is 5.79 Å². The van der Waals surface area contributed by atoms with Crippen LogP contribution in [0.1, 0.15) is 31.8 Å². The van der Waals surface area contributed by atoms with Gasteiger partial charge in [0.15, 0.2) is 5.79 Å². The highest BCUT2D eigenvalue weighted by atomic mass is 16.7. The Labute approximate surface area is 108 Å². The summed E-state index contributed by atoms with van der Waals surface area (Å²) >= 11 is 0. The molecule has 18 heavy (non-hydrogen) atoms. The Hall–Kier alpha value is -1.20. The van der Waals surface area contributed by atoms with Gasteiger partial charge >= 0.3 is 0 Å². The van der Waals surface area contributed by atoms with E-state index in [2.05, 4.69) is 22.2 Å². The standard InChI is InChI=1S/C13H21N3O2/c1-4-11-9-12(16-10(2)15-11)14-6-5-13(3)17-7-8-18-13/h9H,4-8H2,1-3H3,(H,14,15,16). The Morgan fingerprint density at radius 2 is 2.06 bits per heavy atom. The molecular formula is C13H21N3O2. The fourth-order valence-electron chi connectivity index (χ4n) is 2.02. The van der Waals surface area contributed by atoms with Crippen LogP contribution in [0.15, 0.2) is 6.07 Å². The van der Waals surface area contributed by atoms with Gasteiger partial charge in [-0.15, -0.1) is 0 Å². The van der Waals surface area contributed by atoms with E-state index in [9.17, 15) is 0 Å². The lowest BCUT2D eigenvalue weighted by atomic mass is 10.2. The van der Waals surface area contributed by atoms with Crippen molar-refractivity contribution >= 4 is 5.82 Å². The molecule has 100 valence electrons. The molecule has 0 radical (unpaired) electrons. The number of nitrogens with one attached hydrogen (secondary N) is 1. The largest absolute Gasteiger partial charge is 0.370 e. The van der Waals surface area contributed by atoms with Crippen LogP contribution in [0, 0.1) is 6.92 Å². The normalized spacial score (nSPS) is 17.9. The first-order valence-corrected chi connectivity index (χ1v) is 6.48. The molecule has 0 saturated carbocycles. The molecule has 2 rings (SSSR count). The minimum absolute atomic E-state index is 0.442. The van der Waals surface area contributed by atoms with Gasteiger partial charge in [0.05, 0.1) is 13.2 Å². The van der Waals surface area contributed by atoms with Gasteiger partial charge in [0.1, 0.15) is 11.6 Å². The number of hydrogen-bond acceptors (Lipinski definition) is 5. The van der Waals surface area contributed by atoms with Crippen LogP contribution in [0.4, 0.5) is 5.82 Å². The van der Waals surface area contributed by atoms with Gasteiger partial charge in [0.2, 0.25) is 0 Å². The van der Waals surface area contributed by atoms with Crippen molar-refractivity contribution < 1.29 is 9.47 Å². The summed E-state index contributed by atoms with van der Waals surface area (Å²) in [6.07, 6.45) is 1.72. The molecule has 1 aromatic rings. The number of ether oxygens (including phenoxy) is 2. The third-order valence-electron chi connectivity index (χ3n) is 3.04. The lowest BCUT2D eigenvalue weighted by molar-refractivity contribution is -0.144. The molecule has 0 spiro atoms. The minimum Gasteiger partial charge on any atom is -0.370 e. The van der Waals surface area contributed by atoms with E-state index in [0.717, 1.165) is 36.7 Å². The molecule has 2 heterocycles. The molecule has 5 nitrogen and oxygen atoms in total. The van der Waals surface area contributed by atoms with Crippen molar-refractivity contribution in [2.75, 3.05) is 25.1 Å². The van der Waals surface area contributed by atoms with Crippen LogP contribution < -0.4 is 5.32 Å². The molecule has 1 N–H and O–H groups in total. The molecule has 0 atom stereocenters. The average Bonchev–Trinajstić information content (AvgIpc) is 2.75. The second kappa shape index (κ2) is 5.63. The number of hydrogen-bond donors (Lipinski definition) is 1. The maximum Gasteiger partial charge on any atom is 0.167 e. The van der Waals surface area contributed by atoms with Gasteiger partial charge in [-0.3, -0.25) is 0 Å². The molecule has 1 fully saturated rings. The molecular weight excluding hydrogens is 230 g/mol. The predicted octanol–water partition coefficient (Wildman–Crippen LogP) is 1.91. The third-order valence-corrected chi connectivity index (χ3v) is 3.04. The average molecular weight is 251 g/mol. The summed E-state index contributed by atoms with van der Waals surface area (Å²) in [4.78, 5) is 8.72. The van der Waals surface area contributed by atoms with Crippen molar-refractivity contribution in [1.82, 2.24) is 9.97 Å². The van der Waals surface area contributed by atoms with Crippen molar-refractivity contribution in [3.8, 4) is 0 Å². The molecule has 0 bridgehead atoms. The topological polar surface area (TPSA) is 56.3 Å². The minimum atomic E-state index is -0.442. The van der Waals surface area contributed by atoms with E-state index >= 15 is 0 Å². The zero-order valence-electron chi connectivity index (χ0n) is 11.3. The molecule has 5 heteroatoms. The Morgan fingerprint density at radius 1 is 1.33 bits per heavy atom. The summed E-state index contributed by atoms with van der Waals surface area (Å²) in [7, 11) is 0. The van der Waals surface area contributed by atoms with Gasteiger partial charge in [0.25, 0.3) is 0 Å². The number of rotatable bonds is 5. The van der Waals surface area contributed by atoms with Crippen LogP contribution in [0.2, 0.25) is 0 Å². The highest BCUT2D eigenvalue weighted by Gasteiger charge is 2.30. The van der Waals surface area contributed by atoms with Gasteiger partial charge in [-0.05, 0) is 20.3 Å². The Bertz CT molecular complexity index is 403. The second-order valence-corrected chi connectivity index (χ2v) is 4.65. The van der Waals surface area contributed by atoms with Gasteiger partial charge in [-0.1, -0.05) is 6.92 Å². The summed E-state index contributed by atoms with van der Waals surface area (Å²) in [5.74, 6) is 1.24. The molecule has 1 aromatic heterocycles. The molecule has 1 aliphatic rings. The van der Waals surface area contributed by atoms with Gasteiger partial charge in [-0.2, -0.15) is 0 Å². The third kappa shape index (κ3) is 3.40. The highest BCUT2D eigenvalue weighted by Crippen LogP contribution is 2.22. The second-order valence-electron chi connectivity index (χ2n) is 4.65. The summed E-state index contributed by atoms with van der Waals surface area (Å²) in [5.41, 5.74) is 1.06. The van der Waals surface area contributed by atoms with Crippen molar-refractivity contribution in [3.63, 3.8) is 0 Å². The fraction of sp³-hybridized carbons (Fsp3) is 0.692. The van der Waals surface area contributed by atoms with Crippen LogP contribution in [0.3, 0.4) is 0 Å². The predicted molar refractivity (Wildman–Crippen MR) is 69.6 cm³/mol. The summed E-state index contributed by atoms with van der Waals surface area (Å²) in [6, 6.07) is 1.99. The number of nitrogens with zero attached hydrogens (tertiary/aromatic N) is 2. The lowest BCUT2D eigenvalue weighted by Crippen LogP contribution is -2.28. The Kier molecular flexibility index (Phi) is 4.14. The maximum atomic E-state index is 5.55. The van der Waals surface area contributed by atoms with E-state index in [-0.39, 0.29) is 0 Å². The van der Waals surface area contributed by atoms with Crippen molar-refractivity contribution in [1.29, 1.82) is 0 Å². The zero-order valence-corrected chi connectivity index (χ0v) is 11.3. The first kappa shape index (κ1) is 13.2. The first-order valence-electron chi connectivity index (χ1n) is 6.48. The molecule has 0 unspecified atom stereocenters. The summed E-state index contributed by atoms with van der Waals surface area (Å²) < 4.78 is 11.1. The number of aromatic nitrogens is 2. The smallest absolute Gasteiger partial charge is 0.167 e. The van der Waals surface area contributed by atoms with Crippen LogP contribution in [-0.2, 0) is 15.9 Å². The lowest BCUT2D eigenvalue weighted by Gasteiger charge is -2.22. The highest BCUT2D eigenvalue weighted by molar-refractivity contribution is 5.35. The van der Waals surface area contributed by atoms with E-state index in [4.69, 9.17) is 9.47 Å². The maximum absolute atomic E-state index is 5.55. The zero-order chi connectivity index (χ0) is 13.0. The van der Waals surface area contributed by atoms with E-state index in [1.165, 1.54) is 0 Å². The van der Waals surface area contributed by atoms with Crippen LogP contribution in [0.25, 0.3) is 0 Å². The number of aryl methyl sites for hydroxylation is 2. The molecule has 0 amide bonds. The molecule has 1 aliphatic heterocycles. The Morgan fingerprint density at radius 3 is 2.72 bits per heavy atom. The SMILES string of the molecule is CCc1cc(NCCC2(C)OCCO2)nc(C)n1. The molecule has 1 saturated heterocycles. The fourth-order valence-corrected chi connectivity index (χ4v) is 2.02. The Balaban J connectivity index is 1.88. The van der Waals surface area contributed by atoms with Crippen LogP contribution in [0.5, 0.6) is 0 Å². The van der Waals surface area contributed by atoms with Gasteiger partial charge in [0, 0.05) is 24.7 Å². The van der Waals surface area contributed by atoms with Crippen molar-refractivity contribution in [2.45, 2.75) is 39.4 Å². The van der Waals surface area contributed by atoms with Gasteiger partial charge < -0.3 is 14.8 Å². The summed E-state index contributed by atoms with van der Waals surface area (Å²) in [6.45, 7) is 8.12. The van der Waals surface area contributed by atoms with Crippen molar-refractivity contribution in [2.24, 2.45) is 0 Å². The van der Waals surface area contributed by atoms with E-state index in [0.29, 0.717) is 13.2 Å². The van der Waals surface area contributed by atoms with Crippen LogP contribution >= 0.6 is 0 Å². The quantitative estimate of drug-likeness (QED) is 0.866. The summed E-state index contributed by atoms with van der Waals surface area (Å²) in [5, 5.41) is 3.30. The van der Waals surface area contributed by atoms with E-state index in [1.807, 2.05) is 19.9 Å². The van der Waals surface area contributed by atoms with Gasteiger partial charge in [-0.25, -0.2) is 9.97 Å². The van der Waals surface area contributed by atoms with Crippen molar-refractivity contribution in [3.05, 3.63) is 17.6 Å². The van der Waals surface area contributed by atoms with E-state index in [1.54, 1.807) is 0 Å². The monoisotopic (exact) mass is 251 g/mol. The first-order chi connectivity index (χ1) is 8.61. The number of anilines is 1. The van der Waals surface area contributed by atoms with Crippen LogP contribution in [-0.4, -0.2) is 35.5 Å².